The fourth-order valence-corrected chi connectivity index (χ4v) is 5.75. The monoisotopic (exact) mass is 497 g/mol. The molecule has 1 amide bonds. The number of carbonyl (C=O) groups excluding carboxylic acids is 1. The molecule has 4 rings (SSSR count). The Hall–Kier alpha value is -3.17. The lowest BCUT2D eigenvalue weighted by atomic mass is 10.2. The second-order valence-corrected chi connectivity index (χ2v) is 10.5. The van der Waals surface area contributed by atoms with E-state index in [9.17, 15) is 13.2 Å². The molecule has 186 valence electrons. The molecule has 1 unspecified atom stereocenters. The molecule has 9 heteroatoms. The van der Waals surface area contributed by atoms with Crippen molar-refractivity contribution < 1.29 is 22.7 Å². The quantitative estimate of drug-likeness (QED) is 0.424. The highest BCUT2D eigenvalue weighted by atomic mass is 32.2. The van der Waals surface area contributed by atoms with Crippen molar-refractivity contribution in [3.8, 4) is 5.75 Å². The van der Waals surface area contributed by atoms with Gasteiger partial charge in [-0.25, -0.2) is 13.4 Å². The summed E-state index contributed by atoms with van der Waals surface area (Å²) in [7, 11) is -2.13. The lowest BCUT2D eigenvalue weighted by molar-refractivity contribution is 0.0741. The van der Waals surface area contributed by atoms with Gasteiger partial charge in [-0.3, -0.25) is 4.79 Å². The summed E-state index contributed by atoms with van der Waals surface area (Å²) in [5, 5.41) is 0.0137. The molecule has 1 atom stereocenters. The van der Waals surface area contributed by atoms with Crippen LogP contribution in [0, 0.1) is 0 Å². The number of ether oxygens (including phenoxy) is 2. The number of carbonyl (C=O) groups is 1. The summed E-state index contributed by atoms with van der Waals surface area (Å²) in [5.41, 5.74) is 1.90. The van der Waals surface area contributed by atoms with E-state index in [1.165, 1.54) is 0 Å². The SMILES string of the molecule is CCN(Cc1cnc(S(=O)(=O)Cc2ccccc2)n1CC1CCCO1)C(=O)c1ccc(OC)cc1. The van der Waals surface area contributed by atoms with Crippen LogP contribution in [0.3, 0.4) is 0 Å². The number of imidazole rings is 1. The summed E-state index contributed by atoms with van der Waals surface area (Å²) in [6.07, 6.45) is 3.29. The molecule has 35 heavy (non-hydrogen) atoms. The number of aromatic nitrogens is 2. The van der Waals surface area contributed by atoms with Crippen molar-refractivity contribution in [1.29, 1.82) is 0 Å². The van der Waals surface area contributed by atoms with E-state index in [1.54, 1.807) is 59.2 Å². The van der Waals surface area contributed by atoms with E-state index in [-0.39, 0.29) is 29.5 Å². The van der Waals surface area contributed by atoms with Crippen LogP contribution in [0.4, 0.5) is 0 Å². The molecule has 1 aromatic heterocycles. The molecule has 3 aromatic rings. The van der Waals surface area contributed by atoms with E-state index in [0.29, 0.717) is 42.3 Å². The predicted octanol–water partition coefficient (Wildman–Crippen LogP) is 3.71. The summed E-state index contributed by atoms with van der Waals surface area (Å²) in [6.45, 7) is 3.64. The van der Waals surface area contributed by atoms with Crippen LogP contribution >= 0.6 is 0 Å². The first-order valence-electron chi connectivity index (χ1n) is 11.8. The minimum atomic E-state index is -3.71. The van der Waals surface area contributed by atoms with Crippen molar-refractivity contribution in [2.75, 3.05) is 20.3 Å². The molecule has 0 N–H and O–H groups in total. The van der Waals surface area contributed by atoms with Crippen LogP contribution in [0.1, 0.15) is 41.4 Å². The Bertz CT molecular complexity index is 1230. The molecular formula is C26H31N3O5S. The maximum atomic E-state index is 13.4. The molecule has 1 aliphatic rings. The molecule has 1 aliphatic heterocycles. The number of rotatable bonds is 10. The van der Waals surface area contributed by atoms with Gasteiger partial charge in [-0.1, -0.05) is 30.3 Å². The van der Waals surface area contributed by atoms with Crippen LogP contribution in [-0.4, -0.2) is 55.1 Å². The summed E-state index contributed by atoms with van der Waals surface area (Å²) in [6, 6.07) is 16.0. The second kappa shape index (κ2) is 11.0. The molecule has 1 fully saturated rings. The van der Waals surface area contributed by atoms with Crippen molar-refractivity contribution >= 4 is 15.7 Å². The first kappa shape index (κ1) is 24.9. The van der Waals surface area contributed by atoms with Gasteiger partial charge in [0, 0.05) is 18.7 Å². The Morgan fingerprint density at radius 1 is 1.17 bits per heavy atom. The van der Waals surface area contributed by atoms with Crippen LogP contribution in [0.2, 0.25) is 0 Å². The highest BCUT2D eigenvalue weighted by Gasteiger charge is 2.28. The maximum absolute atomic E-state index is 13.4. The van der Waals surface area contributed by atoms with Crippen LogP contribution < -0.4 is 4.74 Å². The van der Waals surface area contributed by atoms with E-state index in [1.807, 2.05) is 25.1 Å². The summed E-state index contributed by atoms with van der Waals surface area (Å²) in [4.78, 5) is 19.2. The first-order valence-corrected chi connectivity index (χ1v) is 13.4. The number of nitrogens with zero attached hydrogens (tertiary/aromatic N) is 3. The number of benzene rings is 2. The third-order valence-electron chi connectivity index (χ3n) is 6.15. The summed E-state index contributed by atoms with van der Waals surface area (Å²) >= 11 is 0. The largest absolute Gasteiger partial charge is 0.497 e. The molecular weight excluding hydrogens is 466 g/mol. The van der Waals surface area contributed by atoms with Crippen molar-refractivity contribution in [3.63, 3.8) is 0 Å². The number of hydrogen-bond donors (Lipinski definition) is 0. The second-order valence-electron chi connectivity index (χ2n) is 8.57. The zero-order chi connectivity index (χ0) is 24.8. The molecule has 2 heterocycles. The number of sulfone groups is 1. The maximum Gasteiger partial charge on any atom is 0.254 e. The van der Waals surface area contributed by atoms with Gasteiger partial charge in [-0.15, -0.1) is 0 Å². The Morgan fingerprint density at radius 2 is 1.91 bits per heavy atom. The Morgan fingerprint density at radius 3 is 2.54 bits per heavy atom. The van der Waals surface area contributed by atoms with Crippen LogP contribution in [0.5, 0.6) is 5.75 Å². The van der Waals surface area contributed by atoms with Gasteiger partial charge < -0.3 is 18.9 Å². The van der Waals surface area contributed by atoms with Crippen molar-refractivity contribution in [1.82, 2.24) is 14.5 Å². The van der Waals surface area contributed by atoms with Gasteiger partial charge in [-0.05, 0) is 49.6 Å². The van der Waals surface area contributed by atoms with Crippen LogP contribution in [0.15, 0.2) is 66.0 Å². The smallest absolute Gasteiger partial charge is 0.254 e. The average molecular weight is 498 g/mol. The number of amides is 1. The van der Waals surface area contributed by atoms with E-state index in [0.717, 1.165) is 12.8 Å². The van der Waals surface area contributed by atoms with E-state index in [2.05, 4.69) is 4.98 Å². The Kier molecular flexibility index (Phi) is 7.87. The zero-order valence-electron chi connectivity index (χ0n) is 20.1. The van der Waals surface area contributed by atoms with Gasteiger partial charge in [0.2, 0.25) is 15.0 Å². The van der Waals surface area contributed by atoms with Gasteiger partial charge in [0.15, 0.2) is 0 Å². The highest BCUT2D eigenvalue weighted by Crippen LogP contribution is 2.23. The summed E-state index contributed by atoms with van der Waals surface area (Å²) in [5.74, 6) is 0.388. The zero-order valence-corrected chi connectivity index (χ0v) is 20.9. The fourth-order valence-electron chi connectivity index (χ4n) is 4.25. The van der Waals surface area contributed by atoms with Gasteiger partial charge >= 0.3 is 0 Å². The van der Waals surface area contributed by atoms with Gasteiger partial charge in [0.1, 0.15) is 5.75 Å². The number of methoxy groups -OCH3 is 1. The van der Waals surface area contributed by atoms with Gasteiger partial charge in [0.05, 0.1) is 43.9 Å². The molecule has 0 radical (unpaired) electrons. The molecule has 8 nitrogen and oxygen atoms in total. The van der Waals surface area contributed by atoms with E-state index < -0.39 is 9.84 Å². The van der Waals surface area contributed by atoms with Crippen molar-refractivity contribution in [3.05, 3.63) is 77.6 Å². The topological polar surface area (TPSA) is 90.7 Å². The third-order valence-corrected chi connectivity index (χ3v) is 7.74. The van der Waals surface area contributed by atoms with Gasteiger partial charge in [-0.2, -0.15) is 0 Å². The van der Waals surface area contributed by atoms with Gasteiger partial charge in [0.25, 0.3) is 5.91 Å². The first-order chi connectivity index (χ1) is 16.9. The average Bonchev–Trinajstić information content (AvgIpc) is 3.53. The molecule has 0 saturated carbocycles. The van der Waals surface area contributed by atoms with E-state index >= 15 is 0 Å². The molecule has 0 spiro atoms. The Labute approximate surface area is 206 Å². The summed E-state index contributed by atoms with van der Waals surface area (Å²) < 4.78 is 39.4. The van der Waals surface area contributed by atoms with Crippen molar-refractivity contribution in [2.24, 2.45) is 0 Å². The minimum Gasteiger partial charge on any atom is -0.497 e. The molecule has 0 bridgehead atoms. The van der Waals surface area contributed by atoms with E-state index in [4.69, 9.17) is 9.47 Å². The lowest BCUT2D eigenvalue weighted by Crippen LogP contribution is -2.32. The molecule has 1 saturated heterocycles. The standard InChI is InChI=1S/C26H31N3O5S/c1-3-28(25(30)21-11-13-23(33-2)14-12-21)17-22-16-27-26(29(22)18-24-10-7-15-34-24)35(31,32)19-20-8-5-4-6-9-20/h4-6,8-9,11-14,16,24H,3,7,10,15,17-19H2,1-2H3. The highest BCUT2D eigenvalue weighted by molar-refractivity contribution is 7.90. The van der Waals surface area contributed by atoms with Crippen LogP contribution in [0.25, 0.3) is 0 Å². The van der Waals surface area contributed by atoms with Crippen LogP contribution in [-0.2, 0) is 33.4 Å². The minimum absolute atomic E-state index is 0.0137. The fraction of sp³-hybridized carbons (Fsp3) is 0.385. The number of hydrogen-bond acceptors (Lipinski definition) is 6. The predicted molar refractivity (Wildman–Crippen MR) is 132 cm³/mol. The Balaban J connectivity index is 1.62. The molecule has 2 aromatic carbocycles. The normalized spacial score (nSPS) is 15.8. The third kappa shape index (κ3) is 5.91. The van der Waals surface area contributed by atoms with Crippen molar-refractivity contribution in [2.45, 2.75) is 49.9 Å². The lowest BCUT2D eigenvalue weighted by Gasteiger charge is -2.23. The molecule has 0 aliphatic carbocycles.